The highest BCUT2D eigenvalue weighted by molar-refractivity contribution is 8.00. The van der Waals surface area contributed by atoms with Crippen molar-refractivity contribution in [2.45, 2.75) is 30.9 Å². The first-order valence-electron chi connectivity index (χ1n) is 6.78. The molecule has 20 heavy (non-hydrogen) atoms. The van der Waals surface area contributed by atoms with Crippen molar-refractivity contribution in [1.82, 2.24) is 5.32 Å². The molecule has 108 valence electrons. The molecule has 2 rings (SSSR count). The number of benzene rings is 1. The average Bonchev–Trinajstić information content (AvgIpc) is 2.85. The van der Waals surface area contributed by atoms with Crippen molar-refractivity contribution in [1.29, 1.82) is 0 Å². The van der Waals surface area contributed by atoms with Gasteiger partial charge in [0.1, 0.15) is 4.99 Å². The molecule has 1 saturated heterocycles. The normalized spacial score (nSPS) is 21.6. The molecule has 1 aromatic rings. The predicted octanol–water partition coefficient (Wildman–Crippen LogP) is 2.27. The van der Waals surface area contributed by atoms with Crippen LogP contribution in [0.25, 0.3) is 0 Å². The van der Waals surface area contributed by atoms with Crippen LogP contribution < -0.4 is 11.1 Å². The van der Waals surface area contributed by atoms with Crippen LogP contribution in [0.1, 0.15) is 30.9 Å². The summed E-state index contributed by atoms with van der Waals surface area (Å²) in [6.07, 6.45) is 2.83. The maximum absolute atomic E-state index is 12.0. The lowest BCUT2D eigenvalue weighted by molar-refractivity contribution is -0.120. The second kappa shape index (κ2) is 6.59. The zero-order valence-corrected chi connectivity index (χ0v) is 13.3. The molecule has 1 heterocycles. The number of nitrogens with two attached hydrogens (primary N) is 1. The number of rotatable bonds is 5. The van der Waals surface area contributed by atoms with Gasteiger partial charge in [0.2, 0.25) is 5.91 Å². The zero-order valence-electron chi connectivity index (χ0n) is 11.6. The summed E-state index contributed by atoms with van der Waals surface area (Å²) >= 11 is 6.86. The molecule has 1 atom stereocenters. The molecule has 3 N–H and O–H groups in total. The fourth-order valence-electron chi connectivity index (χ4n) is 2.30. The first kappa shape index (κ1) is 15.3. The number of amides is 1. The van der Waals surface area contributed by atoms with Gasteiger partial charge < -0.3 is 11.1 Å². The van der Waals surface area contributed by atoms with E-state index in [1.165, 1.54) is 18.6 Å². The van der Waals surface area contributed by atoms with Crippen LogP contribution in [-0.2, 0) is 11.2 Å². The van der Waals surface area contributed by atoms with Crippen molar-refractivity contribution in [3.05, 3.63) is 35.4 Å². The minimum absolute atomic E-state index is 0.0711. The smallest absolute Gasteiger partial charge is 0.224 e. The molecule has 1 amide bonds. The van der Waals surface area contributed by atoms with Gasteiger partial charge in [-0.2, -0.15) is 11.8 Å². The van der Waals surface area contributed by atoms with Gasteiger partial charge in [0.25, 0.3) is 0 Å². The molecule has 0 radical (unpaired) electrons. The lowest BCUT2D eigenvalue weighted by atomic mass is 10.1. The number of carbonyl (C=O) groups excluding carboxylic acids is 1. The summed E-state index contributed by atoms with van der Waals surface area (Å²) in [5, 5.41) is 3.04. The second-order valence-electron chi connectivity index (χ2n) is 5.42. The highest BCUT2D eigenvalue weighted by Crippen LogP contribution is 2.36. The summed E-state index contributed by atoms with van der Waals surface area (Å²) in [5.41, 5.74) is 7.36. The molecule has 0 aromatic heterocycles. The Morgan fingerprint density at radius 3 is 2.70 bits per heavy atom. The summed E-state index contributed by atoms with van der Waals surface area (Å²) < 4.78 is 0.214. The quantitative estimate of drug-likeness (QED) is 0.819. The molecular weight excluding hydrogens is 288 g/mol. The number of thioether (sulfide) groups is 1. The Bertz CT molecular complexity index is 493. The highest BCUT2D eigenvalue weighted by atomic mass is 32.2. The monoisotopic (exact) mass is 308 g/mol. The van der Waals surface area contributed by atoms with Gasteiger partial charge in [-0.15, -0.1) is 0 Å². The van der Waals surface area contributed by atoms with Gasteiger partial charge in [-0.25, -0.2) is 0 Å². The van der Waals surface area contributed by atoms with Gasteiger partial charge in [0.15, 0.2) is 0 Å². The van der Waals surface area contributed by atoms with Crippen molar-refractivity contribution in [2.75, 3.05) is 12.3 Å². The van der Waals surface area contributed by atoms with E-state index in [1.54, 1.807) is 0 Å². The van der Waals surface area contributed by atoms with E-state index in [2.05, 4.69) is 12.2 Å². The van der Waals surface area contributed by atoms with Crippen LogP contribution in [0.15, 0.2) is 24.3 Å². The third-order valence-electron chi connectivity index (χ3n) is 3.56. The molecule has 1 aliphatic heterocycles. The van der Waals surface area contributed by atoms with E-state index in [4.69, 9.17) is 18.0 Å². The minimum atomic E-state index is 0.0711. The zero-order chi connectivity index (χ0) is 14.6. The standard InChI is InChI=1S/C15H20N2OS2/c1-15(7-2-8-20-15)10-17-13(18)9-11-3-5-12(6-4-11)14(16)19/h3-6H,2,7-10H2,1H3,(H2,16,19)(H,17,18). The molecule has 0 saturated carbocycles. The topological polar surface area (TPSA) is 55.1 Å². The third-order valence-corrected chi connectivity index (χ3v) is 5.34. The molecular formula is C15H20N2OS2. The number of hydrogen-bond donors (Lipinski definition) is 2. The fraction of sp³-hybridized carbons (Fsp3) is 0.467. The van der Waals surface area contributed by atoms with E-state index < -0.39 is 0 Å². The number of hydrogen-bond acceptors (Lipinski definition) is 3. The molecule has 1 unspecified atom stereocenters. The van der Waals surface area contributed by atoms with Crippen molar-refractivity contribution in [3.63, 3.8) is 0 Å². The SMILES string of the molecule is CC1(CNC(=O)Cc2ccc(C(N)=S)cc2)CCCS1. The van der Waals surface area contributed by atoms with Crippen LogP contribution in [0.2, 0.25) is 0 Å². The molecule has 1 fully saturated rings. The number of nitrogens with one attached hydrogen (secondary N) is 1. The summed E-state index contributed by atoms with van der Waals surface area (Å²) in [7, 11) is 0. The molecule has 3 nitrogen and oxygen atoms in total. The van der Waals surface area contributed by atoms with Crippen LogP contribution in [0.5, 0.6) is 0 Å². The van der Waals surface area contributed by atoms with Gasteiger partial charge >= 0.3 is 0 Å². The Kier molecular flexibility index (Phi) is 5.05. The summed E-state index contributed by atoms with van der Waals surface area (Å²) in [6, 6.07) is 7.53. The van der Waals surface area contributed by atoms with E-state index >= 15 is 0 Å². The van der Waals surface area contributed by atoms with E-state index in [9.17, 15) is 4.79 Å². The van der Waals surface area contributed by atoms with Crippen LogP contribution in [0, 0.1) is 0 Å². The maximum Gasteiger partial charge on any atom is 0.224 e. The summed E-state index contributed by atoms with van der Waals surface area (Å²) in [5.74, 6) is 1.27. The van der Waals surface area contributed by atoms with Crippen molar-refractivity contribution >= 4 is 34.9 Å². The van der Waals surface area contributed by atoms with Crippen molar-refractivity contribution < 1.29 is 4.79 Å². The first-order valence-corrected chi connectivity index (χ1v) is 8.17. The Labute approximate surface area is 129 Å². The summed E-state index contributed by atoms with van der Waals surface area (Å²) in [4.78, 5) is 12.3. The third kappa shape index (κ3) is 4.21. The fourth-order valence-corrected chi connectivity index (χ4v) is 3.68. The lowest BCUT2D eigenvalue weighted by Gasteiger charge is -2.22. The molecule has 1 aromatic carbocycles. The maximum atomic E-state index is 12.0. The first-order chi connectivity index (χ1) is 9.48. The van der Waals surface area contributed by atoms with Gasteiger partial charge in [-0.3, -0.25) is 4.79 Å². The molecule has 5 heteroatoms. The molecule has 1 aliphatic rings. The molecule has 0 bridgehead atoms. The largest absolute Gasteiger partial charge is 0.389 e. The Morgan fingerprint density at radius 1 is 1.45 bits per heavy atom. The second-order valence-corrected chi connectivity index (χ2v) is 7.54. The van der Waals surface area contributed by atoms with Gasteiger partial charge in [-0.05, 0) is 31.1 Å². The number of carbonyl (C=O) groups is 1. The molecule has 0 spiro atoms. The average molecular weight is 308 g/mol. The van der Waals surface area contributed by atoms with Crippen LogP contribution >= 0.6 is 24.0 Å². The van der Waals surface area contributed by atoms with Crippen LogP contribution in [-0.4, -0.2) is 27.9 Å². The predicted molar refractivity (Wildman–Crippen MR) is 89.1 cm³/mol. The van der Waals surface area contributed by atoms with E-state index in [0.717, 1.165) is 17.7 Å². The van der Waals surface area contributed by atoms with Crippen LogP contribution in [0.4, 0.5) is 0 Å². The Balaban J connectivity index is 1.83. The van der Waals surface area contributed by atoms with E-state index in [-0.39, 0.29) is 10.7 Å². The lowest BCUT2D eigenvalue weighted by Crippen LogP contribution is -2.37. The van der Waals surface area contributed by atoms with Crippen molar-refractivity contribution in [2.24, 2.45) is 5.73 Å². The van der Waals surface area contributed by atoms with E-state index in [0.29, 0.717) is 11.4 Å². The molecule has 0 aliphatic carbocycles. The minimum Gasteiger partial charge on any atom is -0.389 e. The van der Waals surface area contributed by atoms with Gasteiger partial charge in [-0.1, -0.05) is 36.5 Å². The van der Waals surface area contributed by atoms with E-state index in [1.807, 2.05) is 36.0 Å². The Morgan fingerprint density at radius 2 is 2.15 bits per heavy atom. The van der Waals surface area contributed by atoms with Gasteiger partial charge in [0, 0.05) is 16.9 Å². The van der Waals surface area contributed by atoms with Gasteiger partial charge in [0.05, 0.1) is 6.42 Å². The highest BCUT2D eigenvalue weighted by Gasteiger charge is 2.29. The van der Waals surface area contributed by atoms with Crippen LogP contribution in [0.3, 0.4) is 0 Å². The number of thiocarbonyl (C=S) groups is 1. The Hall–Kier alpha value is -1.07. The summed E-state index contributed by atoms with van der Waals surface area (Å²) in [6.45, 7) is 2.98. The van der Waals surface area contributed by atoms with Crippen molar-refractivity contribution in [3.8, 4) is 0 Å².